The Morgan fingerprint density at radius 2 is 1.95 bits per heavy atom. The molecule has 1 aliphatic rings. The van der Waals surface area contributed by atoms with Crippen molar-refractivity contribution in [1.82, 2.24) is 4.90 Å². The minimum atomic E-state index is -0.872. The fraction of sp³-hybridized carbons (Fsp3) is 0.529. The summed E-state index contributed by atoms with van der Waals surface area (Å²) in [6.07, 6.45) is 3.05. The van der Waals surface area contributed by atoms with Crippen molar-refractivity contribution < 1.29 is 19.4 Å². The number of likely N-dealkylation sites (tertiary alicyclic amines) is 1. The van der Waals surface area contributed by atoms with Gasteiger partial charge in [0.15, 0.2) is 0 Å². The molecule has 1 N–H and O–H groups in total. The van der Waals surface area contributed by atoms with Crippen molar-refractivity contribution in [2.24, 2.45) is 5.92 Å². The molecule has 1 amide bonds. The minimum Gasteiger partial charge on any atom is -0.478 e. The molecule has 22 heavy (non-hydrogen) atoms. The van der Waals surface area contributed by atoms with Crippen LogP contribution in [0.4, 0.5) is 0 Å². The Hall–Kier alpha value is -1.88. The molecule has 0 aliphatic carbocycles. The van der Waals surface area contributed by atoms with E-state index < -0.39 is 5.97 Å². The van der Waals surface area contributed by atoms with Gasteiger partial charge in [-0.2, -0.15) is 0 Å². The standard InChI is InChI=1S/C17H23NO4/c1-22-11-8-16(19)18-9-6-13(7-10-18)12-14-4-2-3-5-15(14)17(20)21/h2-5,13H,6-12H2,1H3,(H,20,21). The zero-order valence-corrected chi connectivity index (χ0v) is 13.0. The number of ether oxygens (including phenoxy) is 1. The Labute approximate surface area is 130 Å². The summed E-state index contributed by atoms with van der Waals surface area (Å²) < 4.78 is 4.94. The maximum Gasteiger partial charge on any atom is 0.335 e. The Kier molecular flexibility index (Phi) is 5.95. The van der Waals surface area contributed by atoms with Crippen molar-refractivity contribution in [2.75, 3.05) is 26.8 Å². The third-order valence-corrected chi connectivity index (χ3v) is 4.24. The number of nitrogens with zero attached hydrogens (tertiary/aromatic N) is 1. The number of carboxylic acid groups (broad SMARTS) is 1. The molecule has 0 radical (unpaired) electrons. The van der Waals surface area contributed by atoms with Crippen LogP contribution in [-0.4, -0.2) is 48.7 Å². The van der Waals surface area contributed by atoms with Crippen LogP contribution in [0.15, 0.2) is 24.3 Å². The summed E-state index contributed by atoms with van der Waals surface area (Å²) in [4.78, 5) is 25.1. The van der Waals surface area contributed by atoms with E-state index in [0.29, 0.717) is 24.5 Å². The van der Waals surface area contributed by atoms with E-state index in [0.717, 1.165) is 37.9 Å². The van der Waals surface area contributed by atoms with E-state index >= 15 is 0 Å². The van der Waals surface area contributed by atoms with Crippen LogP contribution in [0, 0.1) is 5.92 Å². The smallest absolute Gasteiger partial charge is 0.335 e. The number of rotatable bonds is 6. The number of hydrogen-bond donors (Lipinski definition) is 1. The second-order valence-corrected chi connectivity index (χ2v) is 5.73. The first-order valence-electron chi connectivity index (χ1n) is 7.69. The Bertz CT molecular complexity index is 521. The molecule has 0 saturated carbocycles. The lowest BCUT2D eigenvalue weighted by Crippen LogP contribution is -2.39. The van der Waals surface area contributed by atoms with Gasteiger partial charge < -0.3 is 14.7 Å². The Balaban J connectivity index is 1.88. The molecule has 0 atom stereocenters. The second kappa shape index (κ2) is 7.94. The number of hydrogen-bond acceptors (Lipinski definition) is 3. The van der Waals surface area contributed by atoms with Gasteiger partial charge in [0, 0.05) is 20.2 Å². The molecule has 2 rings (SSSR count). The first kappa shape index (κ1) is 16.5. The molecule has 0 spiro atoms. The van der Waals surface area contributed by atoms with Gasteiger partial charge in [-0.1, -0.05) is 18.2 Å². The summed E-state index contributed by atoms with van der Waals surface area (Å²) in [5.74, 6) is -0.291. The quantitative estimate of drug-likeness (QED) is 0.875. The normalized spacial score (nSPS) is 15.8. The average Bonchev–Trinajstić information content (AvgIpc) is 2.53. The number of carboxylic acids is 1. The number of piperidine rings is 1. The summed E-state index contributed by atoms with van der Waals surface area (Å²) in [5.41, 5.74) is 1.28. The summed E-state index contributed by atoms with van der Waals surface area (Å²) in [6, 6.07) is 7.18. The van der Waals surface area contributed by atoms with Gasteiger partial charge >= 0.3 is 5.97 Å². The predicted octanol–water partition coefficient (Wildman–Crippen LogP) is 2.20. The zero-order valence-electron chi connectivity index (χ0n) is 13.0. The first-order valence-corrected chi connectivity index (χ1v) is 7.69. The second-order valence-electron chi connectivity index (χ2n) is 5.73. The van der Waals surface area contributed by atoms with Gasteiger partial charge in [-0.15, -0.1) is 0 Å². The molecular formula is C17H23NO4. The van der Waals surface area contributed by atoms with Crippen LogP contribution < -0.4 is 0 Å². The Morgan fingerprint density at radius 1 is 1.27 bits per heavy atom. The van der Waals surface area contributed by atoms with Crippen molar-refractivity contribution in [1.29, 1.82) is 0 Å². The van der Waals surface area contributed by atoms with Crippen molar-refractivity contribution in [3.8, 4) is 0 Å². The van der Waals surface area contributed by atoms with E-state index in [1.165, 1.54) is 0 Å². The highest BCUT2D eigenvalue weighted by atomic mass is 16.5. The fourth-order valence-electron chi connectivity index (χ4n) is 2.95. The highest BCUT2D eigenvalue weighted by Crippen LogP contribution is 2.23. The number of amides is 1. The summed E-state index contributed by atoms with van der Waals surface area (Å²) in [5, 5.41) is 9.23. The summed E-state index contributed by atoms with van der Waals surface area (Å²) >= 11 is 0. The van der Waals surface area contributed by atoms with Crippen LogP contribution in [-0.2, 0) is 16.0 Å². The van der Waals surface area contributed by atoms with Crippen LogP contribution >= 0.6 is 0 Å². The monoisotopic (exact) mass is 305 g/mol. The SMILES string of the molecule is COCCC(=O)N1CCC(Cc2ccccc2C(=O)O)CC1. The van der Waals surface area contributed by atoms with Crippen LogP contribution in [0.1, 0.15) is 35.2 Å². The lowest BCUT2D eigenvalue weighted by Gasteiger charge is -2.32. The van der Waals surface area contributed by atoms with E-state index in [4.69, 9.17) is 4.74 Å². The lowest BCUT2D eigenvalue weighted by atomic mass is 9.88. The van der Waals surface area contributed by atoms with Gasteiger partial charge in [-0.25, -0.2) is 4.79 Å². The maximum atomic E-state index is 11.9. The topological polar surface area (TPSA) is 66.8 Å². The largest absolute Gasteiger partial charge is 0.478 e. The van der Waals surface area contributed by atoms with Gasteiger partial charge in [0.1, 0.15) is 0 Å². The minimum absolute atomic E-state index is 0.145. The average molecular weight is 305 g/mol. The molecule has 1 aromatic rings. The molecule has 1 heterocycles. The van der Waals surface area contributed by atoms with Crippen molar-refractivity contribution >= 4 is 11.9 Å². The van der Waals surface area contributed by atoms with E-state index in [9.17, 15) is 14.7 Å². The molecule has 5 nitrogen and oxygen atoms in total. The zero-order chi connectivity index (χ0) is 15.9. The number of benzene rings is 1. The number of aromatic carboxylic acids is 1. The van der Waals surface area contributed by atoms with Gasteiger partial charge in [-0.05, 0) is 36.8 Å². The molecule has 120 valence electrons. The first-order chi connectivity index (χ1) is 10.6. The molecule has 5 heteroatoms. The molecular weight excluding hydrogens is 282 g/mol. The van der Waals surface area contributed by atoms with E-state index in [1.807, 2.05) is 17.0 Å². The van der Waals surface area contributed by atoms with E-state index in [1.54, 1.807) is 19.2 Å². The van der Waals surface area contributed by atoms with Crippen LogP contribution in [0.25, 0.3) is 0 Å². The van der Waals surface area contributed by atoms with Gasteiger partial charge in [-0.3, -0.25) is 4.79 Å². The van der Waals surface area contributed by atoms with Crippen molar-refractivity contribution in [3.63, 3.8) is 0 Å². The highest BCUT2D eigenvalue weighted by molar-refractivity contribution is 5.89. The molecule has 1 aromatic carbocycles. The van der Waals surface area contributed by atoms with Gasteiger partial charge in [0.2, 0.25) is 5.91 Å². The van der Waals surface area contributed by atoms with Crippen LogP contribution in [0.3, 0.4) is 0 Å². The molecule has 1 aliphatic heterocycles. The molecule has 1 fully saturated rings. The maximum absolute atomic E-state index is 11.9. The number of methoxy groups -OCH3 is 1. The fourth-order valence-corrected chi connectivity index (χ4v) is 2.95. The molecule has 0 bridgehead atoms. The molecule has 0 aromatic heterocycles. The molecule has 0 unspecified atom stereocenters. The Morgan fingerprint density at radius 3 is 2.59 bits per heavy atom. The van der Waals surface area contributed by atoms with Crippen LogP contribution in [0.5, 0.6) is 0 Å². The van der Waals surface area contributed by atoms with Gasteiger partial charge in [0.05, 0.1) is 18.6 Å². The third-order valence-electron chi connectivity index (χ3n) is 4.24. The summed E-state index contributed by atoms with van der Waals surface area (Å²) in [6.45, 7) is 1.97. The van der Waals surface area contributed by atoms with Crippen molar-refractivity contribution in [2.45, 2.75) is 25.7 Å². The lowest BCUT2D eigenvalue weighted by molar-refractivity contribution is -0.133. The van der Waals surface area contributed by atoms with E-state index in [-0.39, 0.29) is 5.91 Å². The van der Waals surface area contributed by atoms with Crippen molar-refractivity contribution in [3.05, 3.63) is 35.4 Å². The number of carbonyl (C=O) groups excluding carboxylic acids is 1. The third kappa shape index (κ3) is 4.31. The van der Waals surface area contributed by atoms with Crippen LogP contribution in [0.2, 0.25) is 0 Å². The number of carbonyl (C=O) groups is 2. The predicted molar refractivity (Wildman–Crippen MR) is 82.9 cm³/mol. The summed E-state index contributed by atoms with van der Waals surface area (Å²) in [7, 11) is 1.60. The van der Waals surface area contributed by atoms with Gasteiger partial charge in [0.25, 0.3) is 0 Å². The molecule has 1 saturated heterocycles. The van der Waals surface area contributed by atoms with E-state index in [2.05, 4.69) is 0 Å². The highest BCUT2D eigenvalue weighted by Gasteiger charge is 2.23.